The lowest BCUT2D eigenvalue weighted by atomic mass is 10.1. The topological polar surface area (TPSA) is 86.8 Å². The molecule has 2 heterocycles. The molecule has 2 fully saturated rings. The fraction of sp³-hybridized carbons (Fsp3) is 0.364. The van der Waals surface area contributed by atoms with Crippen molar-refractivity contribution in [2.24, 2.45) is 0 Å². The Morgan fingerprint density at radius 2 is 1.80 bits per heavy atom. The van der Waals surface area contributed by atoms with Crippen LogP contribution in [0.1, 0.15) is 48.7 Å². The molecule has 8 heteroatoms. The first kappa shape index (κ1) is 20.3. The third kappa shape index (κ3) is 3.87. The molecule has 4 amide bonds. The van der Waals surface area contributed by atoms with Crippen molar-refractivity contribution in [3.63, 3.8) is 0 Å². The number of thiophene rings is 1. The Hall–Kier alpha value is -3.00. The molecule has 1 unspecified atom stereocenters. The summed E-state index contributed by atoms with van der Waals surface area (Å²) in [6.45, 7) is 1.41. The standard InChI is InChI=1S/C22H23N3O4S/c1-14(26)23-15-8-10-17(11-9-15)25-20(27)13-18(21(25)28)24(16-5-2-3-6-16)22(29)19-7-4-12-30-19/h4,7-12,16,18H,2-3,5-6,13H2,1H3,(H,23,26). The van der Waals surface area contributed by atoms with Crippen molar-refractivity contribution >= 4 is 46.3 Å². The van der Waals surface area contributed by atoms with Crippen LogP contribution in [-0.2, 0) is 14.4 Å². The van der Waals surface area contributed by atoms with Gasteiger partial charge in [0, 0.05) is 18.7 Å². The number of carbonyl (C=O) groups is 4. The second-order valence-electron chi connectivity index (χ2n) is 7.64. The van der Waals surface area contributed by atoms with E-state index in [1.807, 2.05) is 11.4 Å². The number of nitrogens with zero attached hydrogens (tertiary/aromatic N) is 2. The molecule has 1 aromatic heterocycles. The molecule has 1 atom stereocenters. The van der Waals surface area contributed by atoms with Gasteiger partial charge in [0.1, 0.15) is 6.04 Å². The van der Waals surface area contributed by atoms with Gasteiger partial charge in [-0.25, -0.2) is 4.90 Å². The van der Waals surface area contributed by atoms with Gasteiger partial charge in [-0.15, -0.1) is 11.3 Å². The molecule has 1 aliphatic carbocycles. The molecule has 0 radical (unpaired) electrons. The zero-order valence-electron chi connectivity index (χ0n) is 16.7. The van der Waals surface area contributed by atoms with Crippen LogP contribution >= 0.6 is 11.3 Å². The van der Waals surface area contributed by atoms with Crippen molar-refractivity contribution in [3.05, 3.63) is 46.7 Å². The van der Waals surface area contributed by atoms with Crippen LogP contribution in [0.25, 0.3) is 0 Å². The predicted octanol–water partition coefficient (Wildman–Crippen LogP) is 3.42. The Morgan fingerprint density at radius 1 is 1.10 bits per heavy atom. The van der Waals surface area contributed by atoms with Crippen molar-refractivity contribution in [2.75, 3.05) is 10.2 Å². The highest BCUT2D eigenvalue weighted by Crippen LogP contribution is 2.33. The first-order valence-electron chi connectivity index (χ1n) is 10.1. The highest BCUT2D eigenvalue weighted by Gasteiger charge is 2.47. The maximum Gasteiger partial charge on any atom is 0.264 e. The Kier molecular flexibility index (Phi) is 5.67. The lowest BCUT2D eigenvalue weighted by Crippen LogP contribution is -2.49. The van der Waals surface area contributed by atoms with Crippen molar-refractivity contribution in [3.8, 4) is 0 Å². The van der Waals surface area contributed by atoms with Gasteiger partial charge in [-0.2, -0.15) is 0 Å². The molecule has 0 spiro atoms. The second-order valence-corrected chi connectivity index (χ2v) is 8.59. The number of hydrogen-bond donors (Lipinski definition) is 1. The first-order valence-corrected chi connectivity index (χ1v) is 10.9. The van der Waals surface area contributed by atoms with Gasteiger partial charge in [0.25, 0.3) is 11.8 Å². The van der Waals surface area contributed by atoms with Crippen LogP contribution in [0, 0.1) is 0 Å². The van der Waals surface area contributed by atoms with Gasteiger partial charge in [0.2, 0.25) is 11.8 Å². The number of benzene rings is 1. The maximum absolute atomic E-state index is 13.3. The number of imide groups is 1. The average Bonchev–Trinajstić information content (AvgIpc) is 3.46. The smallest absolute Gasteiger partial charge is 0.264 e. The van der Waals surface area contributed by atoms with Crippen LogP contribution < -0.4 is 10.2 Å². The minimum atomic E-state index is -0.787. The third-order valence-electron chi connectivity index (χ3n) is 5.59. The molecule has 4 rings (SSSR count). The first-order chi connectivity index (χ1) is 14.5. The van der Waals surface area contributed by atoms with Gasteiger partial charge in [0.15, 0.2) is 0 Å². The molecule has 0 bridgehead atoms. The molecule has 1 aliphatic heterocycles. The minimum absolute atomic E-state index is 0.0140. The summed E-state index contributed by atoms with van der Waals surface area (Å²) < 4.78 is 0. The molecule has 30 heavy (non-hydrogen) atoms. The predicted molar refractivity (Wildman–Crippen MR) is 114 cm³/mol. The summed E-state index contributed by atoms with van der Waals surface area (Å²) in [7, 11) is 0. The second kappa shape index (κ2) is 8.39. The molecular formula is C22H23N3O4S. The van der Waals surface area contributed by atoms with E-state index < -0.39 is 6.04 Å². The lowest BCUT2D eigenvalue weighted by Gasteiger charge is -2.32. The zero-order valence-corrected chi connectivity index (χ0v) is 17.5. The average molecular weight is 426 g/mol. The minimum Gasteiger partial charge on any atom is -0.326 e. The Bertz CT molecular complexity index is 965. The van der Waals surface area contributed by atoms with Gasteiger partial charge < -0.3 is 10.2 Å². The number of rotatable bonds is 5. The molecule has 1 saturated carbocycles. The molecule has 156 valence electrons. The zero-order chi connectivity index (χ0) is 21.3. The highest BCUT2D eigenvalue weighted by atomic mass is 32.1. The van der Waals surface area contributed by atoms with Gasteiger partial charge in [-0.05, 0) is 48.6 Å². The van der Waals surface area contributed by atoms with E-state index in [1.54, 1.807) is 35.2 Å². The van der Waals surface area contributed by atoms with Crippen LogP contribution in [0.3, 0.4) is 0 Å². The van der Waals surface area contributed by atoms with Crippen molar-refractivity contribution in [1.29, 1.82) is 0 Å². The Balaban J connectivity index is 1.60. The van der Waals surface area contributed by atoms with Gasteiger partial charge in [-0.3, -0.25) is 19.2 Å². The van der Waals surface area contributed by atoms with Gasteiger partial charge in [0.05, 0.1) is 17.0 Å². The third-order valence-corrected chi connectivity index (χ3v) is 6.45. The molecule has 1 saturated heterocycles. The summed E-state index contributed by atoms with van der Waals surface area (Å²) >= 11 is 1.35. The number of amides is 4. The lowest BCUT2D eigenvalue weighted by molar-refractivity contribution is -0.123. The van der Waals surface area contributed by atoms with E-state index in [0.29, 0.717) is 16.3 Å². The van der Waals surface area contributed by atoms with Crippen LogP contribution in [0.2, 0.25) is 0 Å². The largest absolute Gasteiger partial charge is 0.326 e. The summed E-state index contributed by atoms with van der Waals surface area (Å²) in [4.78, 5) is 53.9. The number of nitrogens with one attached hydrogen (secondary N) is 1. The highest BCUT2D eigenvalue weighted by molar-refractivity contribution is 7.12. The molecule has 1 N–H and O–H groups in total. The van der Waals surface area contributed by atoms with Crippen LogP contribution in [0.4, 0.5) is 11.4 Å². The monoisotopic (exact) mass is 425 g/mol. The van der Waals surface area contributed by atoms with Crippen LogP contribution in [0.15, 0.2) is 41.8 Å². The molecule has 2 aromatic rings. The summed E-state index contributed by atoms with van der Waals surface area (Å²) in [5, 5.41) is 4.50. The van der Waals surface area contributed by atoms with Gasteiger partial charge in [-0.1, -0.05) is 18.9 Å². The molecule has 7 nitrogen and oxygen atoms in total. The van der Waals surface area contributed by atoms with E-state index in [-0.39, 0.29) is 36.1 Å². The fourth-order valence-electron chi connectivity index (χ4n) is 4.27. The summed E-state index contributed by atoms with van der Waals surface area (Å²) in [5.74, 6) is -1.07. The Labute approximate surface area is 178 Å². The number of hydrogen-bond acceptors (Lipinski definition) is 5. The van der Waals surface area contributed by atoms with Crippen molar-refractivity contribution in [2.45, 2.75) is 51.1 Å². The Morgan fingerprint density at radius 3 is 2.40 bits per heavy atom. The maximum atomic E-state index is 13.3. The normalized spacial score (nSPS) is 19.4. The van der Waals surface area contributed by atoms with Crippen molar-refractivity contribution < 1.29 is 19.2 Å². The van der Waals surface area contributed by atoms with Crippen LogP contribution in [-0.4, -0.2) is 40.6 Å². The molecule has 1 aromatic carbocycles. The summed E-state index contributed by atoms with van der Waals surface area (Å²) in [6, 6.07) is 9.32. The van der Waals surface area contributed by atoms with E-state index in [0.717, 1.165) is 30.6 Å². The summed E-state index contributed by atoms with van der Waals surface area (Å²) in [5.41, 5.74) is 1.03. The van der Waals surface area contributed by atoms with E-state index in [4.69, 9.17) is 0 Å². The van der Waals surface area contributed by atoms with E-state index in [9.17, 15) is 19.2 Å². The van der Waals surface area contributed by atoms with E-state index in [1.165, 1.54) is 18.3 Å². The molecule has 2 aliphatic rings. The number of carbonyl (C=O) groups excluding carboxylic acids is 4. The van der Waals surface area contributed by atoms with Crippen LogP contribution in [0.5, 0.6) is 0 Å². The fourth-order valence-corrected chi connectivity index (χ4v) is 4.94. The number of anilines is 2. The summed E-state index contributed by atoms with van der Waals surface area (Å²) in [6.07, 6.45) is 3.71. The van der Waals surface area contributed by atoms with Crippen molar-refractivity contribution in [1.82, 2.24) is 4.90 Å². The SMILES string of the molecule is CC(=O)Nc1ccc(N2C(=O)CC(N(C(=O)c3cccs3)C3CCCC3)C2=O)cc1. The molecular weight excluding hydrogens is 402 g/mol. The van der Waals surface area contributed by atoms with Gasteiger partial charge >= 0.3 is 0 Å². The quantitative estimate of drug-likeness (QED) is 0.744. The van der Waals surface area contributed by atoms with E-state index >= 15 is 0 Å². The van der Waals surface area contributed by atoms with E-state index in [2.05, 4.69) is 5.32 Å².